The zero-order valence-corrected chi connectivity index (χ0v) is 23.3. The molecule has 0 fully saturated rings. The number of fused-ring (bicyclic) bond motifs is 3. The molecule has 0 aliphatic carbocycles. The van der Waals surface area contributed by atoms with Crippen molar-refractivity contribution in [1.29, 1.82) is 0 Å². The highest BCUT2D eigenvalue weighted by molar-refractivity contribution is 6.05. The van der Waals surface area contributed by atoms with E-state index in [1.165, 1.54) is 69.8 Å². The van der Waals surface area contributed by atoms with Gasteiger partial charge in [0.05, 0.1) is 5.39 Å². The number of hydrogen-bond donors (Lipinski definition) is 0. The molecule has 1 aromatic heterocycles. The summed E-state index contributed by atoms with van der Waals surface area (Å²) in [5, 5.41) is 1.89. The molecule has 0 spiro atoms. The van der Waals surface area contributed by atoms with Crippen LogP contribution < -0.4 is 5.63 Å². The minimum Gasteiger partial charge on any atom is -0.419 e. The highest BCUT2D eigenvalue weighted by atomic mass is 19.1. The van der Waals surface area contributed by atoms with Gasteiger partial charge in [0.15, 0.2) is 11.4 Å². The number of unbranched alkanes of at least 4 members (excludes halogenated alkanes) is 10. The predicted molar refractivity (Wildman–Crippen MR) is 160 cm³/mol. The Kier molecular flexibility index (Phi) is 10.6. The minimum atomic E-state index is -0.482. The second-order valence-corrected chi connectivity index (χ2v) is 10.8. The van der Waals surface area contributed by atoms with E-state index >= 15 is 4.39 Å². The molecule has 2 nitrogen and oxygen atoms in total. The van der Waals surface area contributed by atoms with E-state index < -0.39 is 5.63 Å². The van der Waals surface area contributed by atoms with Gasteiger partial charge in [0.2, 0.25) is 0 Å². The lowest BCUT2D eigenvalue weighted by Gasteiger charge is -2.10. The molecule has 0 atom stereocenters. The molecule has 0 unspecified atom stereocenters. The van der Waals surface area contributed by atoms with Gasteiger partial charge in [-0.25, -0.2) is 9.18 Å². The van der Waals surface area contributed by atoms with Crippen molar-refractivity contribution < 1.29 is 8.81 Å². The monoisotopic (exact) mass is 514 g/mol. The molecule has 0 aliphatic rings. The zero-order valence-electron chi connectivity index (χ0n) is 23.3. The van der Waals surface area contributed by atoms with Crippen molar-refractivity contribution in [3.05, 3.63) is 82.0 Å². The lowest BCUT2D eigenvalue weighted by molar-refractivity contribution is 0.521. The molecule has 0 amide bonds. The van der Waals surface area contributed by atoms with Gasteiger partial charge in [0, 0.05) is 10.8 Å². The van der Waals surface area contributed by atoms with Gasteiger partial charge in [-0.1, -0.05) is 127 Å². The van der Waals surface area contributed by atoms with E-state index in [9.17, 15) is 4.79 Å². The summed E-state index contributed by atoms with van der Waals surface area (Å²) in [6, 6.07) is 18.2. The van der Waals surface area contributed by atoms with E-state index in [4.69, 9.17) is 4.42 Å². The fraction of sp³-hybridized carbons (Fsp3) is 0.457. The van der Waals surface area contributed by atoms with Crippen molar-refractivity contribution in [2.24, 2.45) is 0 Å². The van der Waals surface area contributed by atoms with Crippen LogP contribution in [0.15, 0.2) is 63.8 Å². The van der Waals surface area contributed by atoms with Crippen LogP contribution in [0.4, 0.5) is 4.39 Å². The molecule has 3 aromatic carbocycles. The zero-order chi connectivity index (χ0) is 26.7. The van der Waals surface area contributed by atoms with E-state index in [2.05, 4.69) is 38.1 Å². The summed E-state index contributed by atoms with van der Waals surface area (Å²) in [4.78, 5) is 12.9. The maximum atomic E-state index is 15.3. The highest BCUT2D eigenvalue weighted by Crippen LogP contribution is 2.30. The average Bonchev–Trinajstić information content (AvgIpc) is 2.94. The Labute approximate surface area is 227 Å². The molecular weight excluding hydrogens is 471 g/mol. The highest BCUT2D eigenvalue weighted by Gasteiger charge is 2.15. The molecule has 0 saturated heterocycles. The van der Waals surface area contributed by atoms with Crippen LogP contribution in [0.2, 0.25) is 0 Å². The fourth-order valence-corrected chi connectivity index (χ4v) is 5.45. The Morgan fingerprint density at radius 2 is 1.18 bits per heavy atom. The molecule has 4 rings (SSSR count). The van der Waals surface area contributed by atoms with Gasteiger partial charge in [-0.05, 0) is 54.0 Å². The van der Waals surface area contributed by atoms with Crippen LogP contribution in [0.5, 0.6) is 0 Å². The molecule has 4 aromatic rings. The number of rotatable bonds is 15. The van der Waals surface area contributed by atoms with Gasteiger partial charge < -0.3 is 4.42 Å². The fourth-order valence-electron chi connectivity index (χ4n) is 5.45. The molecule has 38 heavy (non-hydrogen) atoms. The van der Waals surface area contributed by atoms with Crippen LogP contribution in [0.1, 0.15) is 102 Å². The Bertz CT molecular complexity index is 1370. The maximum Gasteiger partial charge on any atom is 0.344 e. The Morgan fingerprint density at radius 3 is 1.87 bits per heavy atom. The quantitative estimate of drug-likeness (QED) is 0.0897. The summed E-state index contributed by atoms with van der Waals surface area (Å²) in [7, 11) is 0. The Hall–Kier alpha value is -2.94. The van der Waals surface area contributed by atoms with Crippen LogP contribution in [0.25, 0.3) is 32.9 Å². The lowest BCUT2D eigenvalue weighted by Crippen LogP contribution is -2.03. The van der Waals surface area contributed by atoms with E-state index in [0.717, 1.165) is 35.8 Å². The van der Waals surface area contributed by atoms with Crippen LogP contribution >= 0.6 is 0 Å². The standard InChI is InChI=1S/C35H43FO2/c1-3-5-7-9-11-13-15-26-17-19-27(20-18-26)29-22-23-30-31-24-21-28(16-14-12-10-8-6-4-2)33(36)34(31)38-35(37)32(30)25-29/h17-25H,3-16H2,1-2H3. The topological polar surface area (TPSA) is 30.2 Å². The largest absolute Gasteiger partial charge is 0.419 e. The van der Waals surface area contributed by atoms with Gasteiger partial charge in [0.1, 0.15) is 0 Å². The first-order chi connectivity index (χ1) is 18.6. The molecule has 0 aliphatic heterocycles. The molecule has 0 radical (unpaired) electrons. The first-order valence-electron chi connectivity index (χ1n) is 14.9. The second kappa shape index (κ2) is 14.3. The minimum absolute atomic E-state index is 0.0813. The smallest absolute Gasteiger partial charge is 0.344 e. The molecular formula is C35H43FO2. The van der Waals surface area contributed by atoms with Gasteiger partial charge in [-0.2, -0.15) is 0 Å². The Morgan fingerprint density at radius 1 is 0.605 bits per heavy atom. The van der Waals surface area contributed by atoms with Crippen LogP contribution in [0, 0.1) is 5.82 Å². The number of benzene rings is 3. The number of hydrogen-bond acceptors (Lipinski definition) is 2. The number of aryl methyl sites for hydroxylation is 2. The van der Waals surface area contributed by atoms with Crippen LogP contribution in [-0.4, -0.2) is 0 Å². The average molecular weight is 515 g/mol. The molecule has 0 N–H and O–H groups in total. The van der Waals surface area contributed by atoms with Crippen molar-refractivity contribution >= 4 is 21.7 Å². The first kappa shape index (κ1) is 28.1. The summed E-state index contributed by atoms with van der Waals surface area (Å²) in [5.74, 6) is -0.389. The third-order valence-electron chi connectivity index (χ3n) is 7.81. The second-order valence-electron chi connectivity index (χ2n) is 10.8. The van der Waals surface area contributed by atoms with E-state index in [0.29, 0.717) is 22.8 Å². The van der Waals surface area contributed by atoms with E-state index in [1.54, 1.807) is 0 Å². The summed E-state index contributed by atoms with van der Waals surface area (Å²) >= 11 is 0. The van der Waals surface area contributed by atoms with Crippen molar-refractivity contribution in [2.75, 3.05) is 0 Å². The Balaban J connectivity index is 1.47. The maximum absolute atomic E-state index is 15.3. The van der Waals surface area contributed by atoms with Crippen LogP contribution in [-0.2, 0) is 12.8 Å². The summed E-state index contributed by atoms with van der Waals surface area (Å²) in [5.41, 5.74) is 3.62. The van der Waals surface area contributed by atoms with Crippen molar-refractivity contribution in [2.45, 2.75) is 104 Å². The van der Waals surface area contributed by atoms with E-state index in [-0.39, 0.29) is 11.4 Å². The van der Waals surface area contributed by atoms with Gasteiger partial charge in [-0.15, -0.1) is 0 Å². The normalized spacial score (nSPS) is 11.6. The molecule has 202 valence electrons. The number of halogens is 1. The molecule has 1 heterocycles. The third kappa shape index (κ3) is 7.12. The molecule has 0 bridgehead atoms. The predicted octanol–water partition coefficient (Wildman–Crippen LogP) is 10.6. The van der Waals surface area contributed by atoms with Crippen LogP contribution in [0.3, 0.4) is 0 Å². The lowest BCUT2D eigenvalue weighted by atomic mass is 9.97. The first-order valence-corrected chi connectivity index (χ1v) is 14.9. The van der Waals surface area contributed by atoms with Gasteiger partial charge in [-0.3, -0.25) is 0 Å². The summed E-state index contributed by atoms with van der Waals surface area (Å²) in [6.45, 7) is 4.45. The molecule has 3 heteroatoms. The van der Waals surface area contributed by atoms with Crippen molar-refractivity contribution in [3.8, 4) is 11.1 Å². The van der Waals surface area contributed by atoms with Crippen molar-refractivity contribution in [1.82, 2.24) is 0 Å². The van der Waals surface area contributed by atoms with Crippen molar-refractivity contribution in [3.63, 3.8) is 0 Å². The van der Waals surface area contributed by atoms with Gasteiger partial charge in [0.25, 0.3) is 0 Å². The summed E-state index contributed by atoms with van der Waals surface area (Å²) in [6.07, 6.45) is 16.5. The molecule has 0 saturated carbocycles. The summed E-state index contributed by atoms with van der Waals surface area (Å²) < 4.78 is 20.9. The SMILES string of the molecule is CCCCCCCCc1ccc(-c2ccc3c(c2)c(=O)oc2c(F)c(CCCCCCCC)ccc23)cc1. The van der Waals surface area contributed by atoms with Gasteiger partial charge >= 0.3 is 5.63 Å². The van der Waals surface area contributed by atoms with E-state index in [1.807, 2.05) is 30.3 Å². The third-order valence-corrected chi connectivity index (χ3v) is 7.81.